The number of aryl methyl sites for hydroxylation is 1. The number of Topliss-reactive ketones (excluding diaryl/α,β-unsaturated/α-hetero) is 1. The zero-order chi connectivity index (χ0) is 16.8. The Labute approximate surface area is 130 Å². The van der Waals surface area contributed by atoms with Crippen molar-refractivity contribution in [3.63, 3.8) is 0 Å². The maximum Gasteiger partial charge on any atom is 0.160 e. The molecule has 0 unspecified atom stereocenters. The molecule has 0 radical (unpaired) electrons. The number of hydrogen-bond donors (Lipinski definition) is 0. The van der Waals surface area contributed by atoms with Crippen LogP contribution in [0.3, 0.4) is 0 Å². The van der Waals surface area contributed by atoms with Gasteiger partial charge in [-0.05, 0) is 37.8 Å². The fourth-order valence-electron chi connectivity index (χ4n) is 2.79. The van der Waals surface area contributed by atoms with Crippen LogP contribution in [0.1, 0.15) is 54.9 Å². The lowest BCUT2D eigenvalue weighted by molar-refractivity contribution is 0.101. The average Bonchev–Trinajstić information content (AvgIpc) is 2.39. The smallest absolute Gasteiger partial charge is 0.160 e. The van der Waals surface area contributed by atoms with Crippen molar-refractivity contribution in [1.82, 2.24) is 4.98 Å². The number of pyridine rings is 1. The first-order valence-corrected chi connectivity index (χ1v) is 7.28. The molecule has 0 spiro atoms. The van der Waals surface area contributed by atoms with Gasteiger partial charge in [0.25, 0.3) is 0 Å². The standard InChI is InChI=1S/C18H22FNO2/c1-9-10(2)20-16-13(19)8-12(18(4,5)6)14(11(3)21)15(16)17(9)22-7/h8H,1-7H3. The molecule has 0 saturated carbocycles. The van der Waals surface area contributed by atoms with Gasteiger partial charge in [-0.25, -0.2) is 9.37 Å². The van der Waals surface area contributed by atoms with Gasteiger partial charge in [0, 0.05) is 16.8 Å². The lowest BCUT2D eigenvalue weighted by Crippen LogP contribution is -2.18. The van der Waals surface area contributed by atoms with Crippen molar-refractivity contribution in [3.8, 4) is 5.75 Å². The Kier molecular flexibility index (Phi) is 3.98. The fraction of sp³-hybridized carbons (Fsp3) is 0.444. The van der Waals surface area contributed by atoms with E-state index in [-0.39, 0.29) is 16.7 Å². The number of nitrogens with zero attached hydrogens (tertiary/aromatic N) is 1. The Hall–Kier alpha value is -1.97. The summed E-state index contributed by atoms with van der Waals surface area (Å²) in [5.74, 6) is -0.0118. The van der Waals surface area contributed by atoms with Gasteiger partial charge in [0.05, 0.1) is 12.5 Å². The second kappa shape index (κ2) is 5.34. The molecule has 118 valence electrons. The molecule has 2 rings (SSSR count). The molecule has 2 aromatic rings. The number of carbonyl (C=O) groups excluding carboxylic acids is 1. The SMILES string of the molecule is COc1c(C)c(C)nc2c(F)cc(C(C)(C)C)c(C(C)=O)c12. The maximum atomic E-state index is 14.6. The largest absolute Gasteiger partial charge is 0.496 e. The predicted molar refractivity (Wildman–Crippen MR) is 86.4 cm³/mol. The maximum absolute atomic E-state index is 14.6. The molecule has 0 atom stereocenters. The van der Waals surface area contributed by atoms with Gasteiger partial charge in [-0.1, -0.05) is 20.8 Å². The van der Waals surface area contributed by atoms with Crippen molar-refractivity contribution in [2.24, 2.45) is 0 Å². The van der Waals surface area contributed by atoms with Crippen LogP contribution in [-0.4, -0.2) is 17.9 Å². The van der Waals surface area contributed by atoms with Crippen molar-refractivity contribution in [2.45, 2.75) is 47.0 Å². The van der Waals surface area contributed by atoms with Crippen LogP contribution < -0.4 is 4.74 Å². The quantitative estimate of drug-likeness (QED) is 0.767. The van der Waals surface area contributed by atoms with Gasteiger partial charge in [0.2, 0.25) is 0 Å². The zero-order valence-electron chi connectivity index (χ0n) is 14.2. The van der Waals surface area contributed by atoms with E-state index in [2.05, 4.69) is 4.98 Å². The second-order valence-electron chi connectivity index (χ2n) is 6.67. The van der Waals surface area contributed by atoms with Crippen LogP contribution in [0.2, 0.25) is 0 Å². The molecule has 1 aromatic carbocycles. The van der Waals surface area contributed by atoms with Crippen LogP contribution in [-0.2, 0) is 5.41 Å². The van der Waals surface area contributed by atoms with Crippen LogP contribution in [0.4, 0.5) is 4.39 Å². The summed E-state index contributed by atoms with van der Waals surface area (Å²) in [4.78, 5) is 16.6. The Bertz CT molecular complexity index is 773. The summed E-state index contributed by atoms with van der Waals surface area (Å²) in [6, 6.07) is 1.43. The normalized spacial score (nSPS) is 11.8. The summed E-state index contributed by atoms with van der Waals surface area (Å²) in [6.45, 7) is 11.0. The minimum Gasteiger partial charge on any atom is -0.496 e. The molecular formula is C18H22FNO2. The Morgan fingerprint density at radius 1 is 1.27 bits per heavy atom. The first-order chi connectivity index (χ1) is 10.1. The van der Waals surface area contributed by atoms with Crippen LogP contribution in [0, 0.1) is 19.7 Å². The van der Waals surface area contributed by atoms with Gasteiger partial charge in [0.1, 0.15) is 17.1 Å². The van der Waals surface area contributed by atoms with Gasteiger partial charge in [0.15, 0.2) is 5.78 Å². The molecule has 0 aliphatic carbocycles. The molecule has 0 fully saturated rings. The van der Waals surface area contributed by atoms with Crippen molar-refractivity contribution in [2.75, 3.05) is 7.11 Å². The molecule has 1 heterocycles. The van der Waals surface area contributed by atoms with E-state index in [1.165, 1.54) is 20.1 Å². The van der Waals surface area contributed by atoms with E-state index in [0.29, 0.717) is 28.0 Å². The van der Waals surface area contributed by atoms with Crippen LogP contribution in [0.25, 0.3) is 10.9 Å². The van der Waals surface area contributed by atoms with Gasteiger partial charge < -0.3 is 4.74 Å². The highest BCUT2D eigenvalue weighted by Crippen LogP contribution is 2.39. The summed E-state index contributed by atoms with van der Waals surface area (Å²) in [5, 5.41) is 0.475. The fourth-order valence-corrected chi connectivity index (χ4v) is 2.79. The minimum atomic E-state index is -0.425. The van der Waals surface area contributed by atoms with Gasteiger partial charge in [-0.15, -0.1) is 0 Å². The lowest BCUT2D eigenvalue weighted by Gasteiger charge is -2.24. The number of halogens is 1. The average molecular weight is 303 g/mol. The van der Waals surface area contributed by atoms with Crippen molar-refractivity contribution < 1.29 is 13.9 Å². The molecule has 0 amide bonds. The van der Waals surface area contributed by atoms with E-state index in [4.69, 9.17) is 4.74 Å². The first kappa shape index (κ1) is 16.4. The van der Waals surface area contributed by atoms with E-state index >= 15 is 0 Å². The van der Waals surface area contributed by atoms with Crippen molar-refractivity contribution >= 4 is 16.7 Å². The third kappa shape index (κ3) is 2.47. The molecule has 3 nitrogen and oxygen atoms in total. The third-order valence-corrected chi connectivity index (χ3v) is 4.01. The van der Waals surface area contributed by atoms with Crippen LogP contribution in [0.15, 0.2) is 6.07 Å². The Balaban J connectivity index is 3.15. The van der Waals surface area contributed by atoms with Gasteiger partial charge in [-0.3, -0.25) is 4.79 Å². The monoisotopic (exact) mass is 303 g/mol. The predicted octanol–water partition coefficient (Wildman–Crippen LogP) is 4.50. The molecule has 22 heavy (non-hydrogen) atoms. The van der Waals surface area contributed by atoms with E-state index < -0.39 is 5.82 Å². The number of aromatic nitrogens is 1. The van der Waals surface area contributed by atoms with Gasteiger partial charge in [-0.2, -0.15) is 0 Å². The number of methoxy groups -OCH3 is 1. The highest BCUT2D eigenvalue weighted by atomic mass is 19.1. The summed E-state index contributed by atoms with van der Waals surface area (Å²) in [7, 11) is 1.53. The third-order valence-electron chi connectivity index (χ3n) is 4.01. The van der Waals surface area contributed by atoms with E-state index in [1.54, 1.807) is 0 Å². The lowest BCUT2D eigenvalue weighted by atomic mass is 9.80. The highest BCUT2D eigenvalue weighted by Gasteiger charge is 2.27. The molecular weight excluding hydrogens is 281 g/mol. The van der Waals surface area contributed by atoms with E-state index in [1.807, 2.05) is 34.6 Å². The minimum absolute atomic E-state index is 0.113. The molecule has 1 aromatic heterocycles. The molecule has 0 bridgehead atoms. The Morgan fingerprint density at radius 3 is 2.32 bits per heavy atom. The van der Waals surface area contributed by atoms with Crippen LogP contribution in [0.5, 0.6) is 5.75 Å². The summed E-state index contributed by atoms with van der Waals surface area (Å²) in [5.41, 5.74) is 2.52. The molecule has 0 aliphatic rings. The number of carbonyl (C=O) groups is 1. The number of fused-ring (bicyclic) bond motifs is 1. The number of benzene rings is 1. The first-order valence-electron chi connectivity index (χ1n) is 7.28. The van der Waals surface area contributed by atoms with E-state index in [9.17, 15) is 9.18 Å². The molecule has 0 aliphatic heterocycles. The van der Waals surface area contributed by atoms with E-state index in [0.717, 1.165) is 5.56 Å². The summed E-state index contributed by atoms with van der Waals surface area (Å²) in [6.07, 6.45) is 0. The van der Waals surface area contributed by atoms with Crippen molar-refractivity contribution in [3.05, 3.63) is 34.3 Å². The topological polar surface area (TPSA) is 39.2 Å². The number of hydrogen-bond acceptors (Lipinski definition) is 3. The molecule has 0 saturated heterocycles. The zero-order valence-corrected chi connectivity index (χ0v) is 14.2. The number of ether oxygens (including phenoxy) is 1. The number of ketones is 1. The molecule has 0 N–H and O–H groups in total. The number of rotatable bonds is 2. The molecule has 4 heteroatoms. The summed E-state index contributed by atoms with van der Waals surface area (Å²) >= 11 is 0. The highest BCUT2D eigenvalue weighted by molar-refractivity contribution is 6.10. The Morgan fingerprint density at radius 2 is 1.86 bits per heavy atom. The van der Waals surface area contributed by atoms with Gasteiger partial charge >= 0.3 is 0 Å². The van der Waals surface area contributed by atoms with Crippen molar-refractivity contribution in [1.29, 1.82) is 0 Å². The summed E-state index contributed by atoms with van der Waals surface area (Å²) < 4.78 is 20.1. The van der Waals surface area contributed by atoms with Crippen LogP contribution >= 0.6 is 0 Å². The second-order valence-corrected chi connectivity index (χ2v) is 6.67.